The highest BCUT2D eigenvalue weighted by Crippen LogP contribution is 2.28. The average Bonchev–Trinajstić information content (AvgIpc) is 3.03. The van der Waals surface area contributed by atoms with E-state index in [-0.39, 0.29) is 36.2 Å². The van der Waals surface area contributed by atoms with E-state index in [1.807, 2.05) is 37.3 Å². The molecule has 31 heavy (non-hydrogen) atoms. The van der Waals surface area contributed by atoms with Crippen LogP contribution in [-0.2, 0) is 27.3 Å². The highest BCUT2D eigenvalue weighted by molar-refractivity contribution is 6.01. The zero-order chi connectivity index (χ0) is 22.5. The lowest BCUT2D eigenvalue weighted by Crippen LogP contribution is -2.40. The van der Waals surface area contributed by atoms with Crippen LogP contribution < -0.4 is 5.32 Å². The minimum Gasteiger partial charge on any atom is -0.326 e. The topological polar surface area (TPSA) is 83.6 Å². The Bertz CT molecular complexity index is 1030. The number of rotatable bonds is 9. The summed E-state index contributed by atoms with van der Waals surface area (Å²) in [6.07, 6.45) is 1.24. The number of fused-ring (bicyclic) bond motifs is 1. The van der Waals surface area contributed by atoms with Crippen LogP contribution in [0.4, 0.5) is 5.69 Å². The molecule has 6 heteroatoms. The predicted octanol–water partition coefficient (Wildman–Crippen LogP) is 3.85. The third-order valence-electron chi connectivity index (χ3n) is 5.60. The fourth-order valence-electron chi connectivity index (χ4n) is 3.92. The van der Waals surface area contributed by atoms with Crippen molar-refractivity contribution in [3.63, 3.8) is 0 Å². The molecule has 6 nitrogen and oxygen atoms in total. The number of Topliss-reactive ketones (excluding diaryl/α,β-unsaturated/α-hetero) is 2. The maximum absolute atomic E-state index is 12.9. The van der Waals surface area contributed by atoms with E-state index in [9.17, 15) is 19.2 Å². The van der Waals surface area contributed by atoms with Gasteiger partial charge in [0.25, 0.3) is 5.91 Å². The first-order chi connectivity index (χ1) is 14.8. The normalized spacial score (nSPS) is 13.6. The second kappa shape index (κ2) is 9.69. The number of carbonyl (C=O) groups is 4. The molecule has 0 bridgehead atoms. The number of nitrogens with zero attached hydrogens (tertiary/aromatic N) is 1. The summed E-state index contributed by atoms with van der Waals surface area (Å²) in [5, 5.41) is 2.89. The molecule has 0 saturated carbocycles. The molecule has 1 atom stereocenters. The second-order valence-corrected chi connectivity index (χ2v) is 8.08. The van der Waals surface area contributed by atoms with E-state index in [1.165, 1.54) is 6.92 Å². The largest absolute Gasteiger partial charge is 0.326 e. The summed E-state index contributed by atoms with van der Waals surface area (Å²) in [6, 6.07) is 12.4. The molecule has 3 rings (SSSR count). The quantitative estimate of drug-likeness (QED) is 0.668. The van der Waals surface area contributed by atoms with Gasteiger partial charge in [-0.3, -0.25) is 19.2 Å². The number of carbonyl (C=O) groups excluding carboxylic acids is 4. The minimum atomic E-state index is -0.608. The molecule has 1 heterocycles. The molecule has 0 spiro atoms. The Morgan fingerprint density at radius 3 is 2.58 bits per heavy atom. The summed E-state index contributed by atoms with van der Waals surface area (Å²) in [4.78, 5) is 50.7. The van der Waals surface area contributed by atoms with Gasteiger partial charge in [0.2, 0.25) is 5.91 Å². The van der Waals surface area contributed by atoms with Crippen molar-refractivity contribution in [1.29, 1.82) is 0 Å². The molecule has 1 N–H and O–H groups in total. The Morgan fingerprint density at radius 1 is 1.13 bits per heavy atom. The second-order valence-electron chi connectivity index (χ2n) is 8.08. The number of hydrogen-bond donors (Lipinski definition) is 1. The third-order valence-corrected chi connectivity index (χ3v) is 5.60. The lowest BCUT2D eigenvalue weighted by molar-refractivity contribution is -0.122. The number of aryl methyl sites for hydroxylation is 1. The van der Waals surface area contributed by atoms with Gasteiger partial charge in [-0.05, 0) is 55.2 Å². The Kier molecular flexibility index (Phi) is 7.00. The van der Waals surface area contributed by atoms with Crippen LogP contribution in [0.15, 0.2) is 42.5 Å². The maximum Gasteiger partial charge on any atom is 0.255 e. The van der Waals surface area contributed by atoms with E-state index in [0.717, 1.165) is 22.4 Å². The summed E-state index contributed by atoms with van der Waals surface area (Å²) >= 11 is 0. The van der Waals surface area contributed by atoms with Crippen LogP contribution in [0.5, 0.6) is 0 Å². The molecule has 1 aliphatic rings. The number of amides is 2. The van der Waals surface area contributed by atoms with Gasteiger partial charge in [0.15, 0.2) is 5.78 Å². The fourth-order valence-corrected chi connectivity index (χ4v) is 3.92. The SMILES string of the molecule is CCC(=O)CCC(C(C)=O)N1Cc2cc(CC(=O)Nc3cccc(C)c3)ccc2C1=O. The summed E-state index contributed by atoms with van der Waals surface area (Å²) in [6.45, 7) is 5.52. The number of ketones is 2. The van der Waals surface area contributed by atoms with Crippen LogP contribution in [0.1, 0.15) is 60.2 Å². The monoisotopic (exact) mass is 420 g/mol. The molecule has 0 aromatic heterocycles. The van der Waals surface area contributed by atoms with Crippen molar-refractivity contribution in [2.75, 3.05) is 5.32 Å². The van der Waals surface area contributed by atoms with Crippen LogP contribution in [0.3, 0.4) is 0 Å². The Morgan fingerprint density at radius 2 is 1.90 bits per heavy atom. The van der Waals surface area contributed by atoms with E-state index in [4.69, 9.17) is 0 Å². The van der Waals surface area contributed by atoms with Crippen LogP contribution in [0.2, 0.25) is 0 Å². The van der Waals surface area contributed by atoms with Crippen molar-refractivity contribution in [2.24, 2.45) is 0 Å². The van der Waals surface area contributed by atoms with Gasteiger partial charge in [0.05, 0.1) is 12.5 Å². The molecule has 0 aliphatic carbocycles. The Balaban J connectivity index is 1.69. The summed E-state index contributed by atoms with van der Waals surface area (Å²) < 4.78 is 0. The molecule has 0 radical (unpaired) electrons. The lowest BCUT2D eigenvalue weighted by Gasteiger charge is -2.25. The first-order valence-corrected chi connectivity index (χ1v) is 10.6. The number of hydrogen-bond acceptors (Lipinski definition) is 4. The van der Waals surface area contributed by atoms with Gasteiger partial charge >= 0.3 is 0 Å². The molecule has 1 unspecified atom stereocenters. The lowest BCUT2D eigenvalue weighted by atomic mass is 10.0. The van der Waals surface area contributed by atoms with E-state index >= 15 is 0 Å². The van der Waals surface area contributed by atoms with Crippen LogP contribution in [-0.4, -0.2) is 34.3 Å². The number of nitrogens with one attached hydrogen (secondary N) is 1. The van der Waals surface area contributed by atoms with Gasteiger partial charge < -0.3 is 10.2 Å². The molecule has 2 aromatic carbocycles. The summed E-state index contributed by atoms with van der Waals surface area (Å²) in [5.41, 5.74) is 3.97. The van der Waals surface area contributed by atoms with Crippen molar-refractivity contribution in [1.82, 2.24) is 4.90 Å². The standard InChI is InChI=1S/C25H28N2O4/c1-4-21(29)9-11-23(17(3)28)27-15-19-13-18(8-10-22(19)25(27)31)14-24(30)26-20-7-5-6-16(2)12-20/h5-8,10,12-13,23H,4,9,11,14-15H2,1-3H3,(H,26,30). The van der Waals surface area contributed by atoms with Gasteiger partial charge in [0.1, 0.15) is 5.78 Å². The Hall–Kier alpha value is -3.28. The minimum absolute atomic E-state index is 0.0809. The van der Waals surface area contributed by atoms with Crippen LogP contribution >= 0.6 is 0 Å². The highest BCUT2D eigenvalue weighted by atomic mass is 16.2. The van der Waals surface area contributed by atoms with Gasteiger partial charge in [-0.25, -0.2) is 0 Å². The number of anilines is 1. The van der Waals surface area contributed by atoms with Crippen molar-refractivity contribution < 1.29 is 19.2 Å². The highest BCUT2D eigenvalue weighted by Gasteiger charge is 2.35. The molecule has 2 amide bonds. The van der Waals surface area contributed by atoms with E-state index in [1.54, 1.807) is 24.0 Å². The molecule has 162 valence electrons. The molecular weight excluding hydrogens is 392 g/mol. The van der Waals surface area contributed by atoms with E-state index < -0.39 is 6.04 Å². The van der Waals surface area contributed by atoms with E-state index in [0.29, 0.717) is 24.9 Å². The van der Waals surface area contributed by atoms with Crippen molar-refractivity contribution >= 4 is 29.1 Å². The van der Waals surface area contributed by atoms with Crippen molar-refractivity contribution in [2.45, 2.75) is 59.0 Å². The molecule has 2 aromatic rings. The molecule has 0 fully saturated rings. The smallest absolute Gasteiger partial charge is 0.255 e. The van der Waals surface area contributed by atoms with Gasteiger partial charge in [0, 0.05) is 30.6 Å². The first kappa shape index (κ1) is 22.4. The predicted molar refractivity (Wildman–Crippen MR) is 119 cm³/mol. The van der Waals surface area contributed by atoms with Crippen LogP contribution in [0.25, 0.3) is 0 Å². The van der Waals surface area contributed by atoms with E-state index in [2.05, 4.69) is 5.32 Å². The zero-order valence-electron chi connectivity index (χ0n) is 18.2. The third kappa shape index (κ3) is 5.45. The molecule has 1 aliphatic heterocycles. The average molecular weight is 421 g/mol. The Labute approximate surface area is 182 Å². The first-order valence-electron chi connectivity index (χ1n) is 10.6. The summed E-state index contributed by atoms with van der Waals surface area (Å²) in [7, 11) is 0. The molecular formula is C25H28N2O4. The van der Waals surface area contributed by atoms with Crippen molar-refractivity contribution in [3.05, 3.63) is 64.7 Å². The van der Waals surface area contributed by atoms with Gasteiger partial charge in [-0.15, -0.1) is 0 Å². The summed E-state index contributed by atoms with van der Waals surface area (Å²) in [5.74, 6) is -0.374. The number of benzene rings is 2. The van der Waals surface area contributed by atoms with Gasteiger partial charge in [-0.2, -0.15) is 0 Å². The van der Waals surface area contributed by atoms with Crippen LogP contribution in [0, 0.1) is 6.92 Å². The van der Waals surface area contributed by atoms with Crippen molar-refractivity contribution in [3.8, 4) is 0 Å². The zero-order valence-corrected chi connectivity index (χ0v) is 18.2. The van der Waals surface area contributed by atoms with Gasteiger partial charge in [-0.1, -0.05) is 31.2 Å². The maximum atomic E-state index is 12.9. The molecule has 0 saturated heterocycles. The fraction of sp³-hybridized carbons (Fsp3) is 0.360.